The number of nitrogens with two attached hydrogens (primary N) is 1. The van der Waals surface area contributed by atoms with Crippen LogP contribution in [0.2, 0.25) is 0 Å². The van der Waals surface area contributed by atoms with Crippen LogP contribution in [-0.2, 0) is 4.74 Å². The van der Waals surface area contributed by atoms with E-state index < -0.39 is 5.97 Å². The molecule has 1 aromatic heterocycles. The van der Waals surface area contributed by atoms with Crippen LogP contribution in [0.25, 0.3) is 0 Å². The monoisotopic (exact) mass is 196 g/mol. The average molecular weight is 196 g/mol. The van der Waals surface area contributed by atoms with Crippen molar-refractivity contribution in [3.8, 4) is 5.75 Å². The summed E-state index contributed by atoms with van der Waals surface area (Å²) in [5.74, 6) is -0.0277. The van der Waals surface area contributed by atoms with Gasteiger partial charge < -0.3 is 15.2 Å². The van der Waals surface area contributed by atoms with Crippen LogP contribution in [0.15, 0.2) is 6.07 Å². The molecule has 0 saturated heterocycles. The van der Waals surface area contributed by atoms with E-state index in [-0.39, 0.29) is 5.69 Å². The Morgan fingerprint density at radius 2 is 2.14 bits per heavy atom. The number of ether oxygens (including phenoxy) is 2. The van der Waals surface area contributed by atoms with Crippen molar-refractivity contribution in [1.82, 2.24) is 4.98 Å². The van der Waals surface area contributed by atoms with Crippen LogP contribution in [-0.4, -0.2) is 25.2 Å². The Kier molecular flexibility index (Phi) is 2.91. The quantitative estimate of drug-likeness (QED) is 0.707. The molecule has 0 bridgehead atoms. The predicted octanol–water partition coefficient (Wildman–Crippen LogP) is 0.767. The molecule has 0 unspecified atom stereocenters. The Balaban J connectivity index is 3.20. The highest BCUT2D eigenvalue weighted by Crippen LogP contribution is 2.24. The molecule has 0 saturated carbocycles. The van der Waals surface area contributed by atoms with E-state index in [1.807, 2.05) is 0 Å². The van der Waals surface area contributed by atoms with Crippen molar-refractivity contribution >= 4 is 11.7 Å². The van der Waals surface area contributed by atoms with Crippen molar-refractivity contribution in [2.45, 2.75) is 6.92 Å². The standard InChI is InChI=1S/C9H12N2O3/c1-5-8(13-2)6(10)4-7(11-5)9(12)14-3/h4H,1-3H3,(H2,10,11). The first-order chi connectivity index (χ1) is 6.60. The summed E-state index contributed by atoms with van der Waals surface area (Å²) in [6.45, 7) is 1.71. The number of anilines is 1. The number of nitrogen functional groups attached to an aromatic ring is 1. The largest absolute Gasteiger partial charge is 0.493 e. The van der Waals surface area contributed by atoms with Gasteiger partial charge in [0.05, 0.1) is 25.6 Å². The topological polar surface area (TPSA) is 74.4 Å². The number of aryl methyl sites for hydroxylation is 1. The van der Waals surface area contributed by atoms with Crippen molar-refractivity contribution in [2.24, 2.45) is 0 Å². The van der Waals surface area contributed by atoms with E-state index in [4.69, 9.17) is 10.5 Å². The Hall–Kier alpha value is -1.78. The zero-order valence-electron chi connectivity index (χ0n) is 8.33. The molecule has 0 aliphatic rings. The smallest absolute Gasteiger partial charge is 0.356 e. The van der Waals surface area contributed by atoms with Gasteiger partial charge in [0.15, 0.2) is 11.4 Å². The molecule has 14 heavy (non-hydrogen) atoms. The minimum Gasteiger partial charge on any atom is -0.493 e. The molecule has 5 nitrogen and oxygen atoms in total. The molecule has 1 heterocycles. The maximum absolute atomic E-state index is 11.1. The number of esters is 1. The average Bonchev–Trinajstić information content (AvgIpc) is 2.16. The van der Waals surface area contributed by atoms with E-state index in [0.717, 1.165) is 0 Å². The highest BCUT2D eigenvalue weighted by molar-refractivity contribution is 5.88. The second-order valence-corrected chi connectivity index (χ2v) is 2.71. The third-order valence-corrected chi connectivity index (χ3v) is 1.77. The Morgan fingerprint density at radius 1 is 1.50 bits per heavy atom. The molecule has 0 aromatic carbocycles. The number of methoxy groups -OCH3 is 2. The molecular weight excluding hydrogens is 184 g/mol. The summed E-state index contributed by atoms with van der Waals surface area (Å²) in [5.41, 5.74) is 6.77. The number of aromatic nitrogens is 1. The van der Waals surface area contributed by atoms with Crippen LogP contribution in [0.3, 0.4) is 0 Å². The van der Waals surface area contributed by atoms with Crippen LogP contribution in [0.4, 0.5) is 5.69 Å². The molecule has 0 fully saturated rings. The zero-order chi connectivity index (χ0) is 10.7. The first kappa shape index (κ1) is 10.3. The molecule has 0 atom stereocenters. The lowest BCUT2D eigenvalue weighted by Crippen LogP contribution is -2.08. The van der Waals surface area contributed by atoms with Gasteiger partial charge in [-0.05, 0) is 13.0 Å². The number of carbonyl (C=O) groups excluding carboxylic acids is 1. The van der Waals surface area contributed by atoms with Crippen LogP contribution in [0.1, 0.15) is 16.2 Å². The van der Waals surface area contributed by atoms with Crippen LogP contribution >= 0.6 is 0 Å². The minimum absolute atomic E-state index is 0.184. The second kappa shape index (κ2) is 3.95. The van der Waals surface area contributed by atoms with Gasteiger partial charge in [0.1, 0.15) is 0 Å². The number of hydrogen-bond acceptors (Lipinski definition) is 5. The maximum atomic E-state index is 11.1. The third kappa shape index (κ3) is 1.76. The molecular formula is C9H12N2O3. The predicted molar refractivity (Wildman–Crippen MR) is 51.3 cm³/mol. The summed E-state index contributed by atoms with van der Waals surface area (Å²) in [5, 5.41) is 0. The number of pyridine rings is 1. The molecule has 1 rings (SSSR count). The highest BCUT2D eigenvalue weighted by Gasteiger charge is 2.13. The van der Waals surface area contributed by atoms with Gasteiger partial charge in [-0.2, -0.15) is 0 Å². The molecule has 0 amide bonds. The molecule has 1 aromatic rings. The normalized spacial score (nSPS) is 9.64. The molecule has 5 heteroatoms. The van der Waals surface area contributed by atoms with Crippen LogP contribution < -0.4 is 10.5 Å². The van der Waals surface area contributed by atoms with Crippen molar-refractivity contribution in [2.75, 3.05) is 20.0 Å². The van der Waals surface area contributed by atoms with Crippen molar-refractivity contribution < 1.29 is 14.3 Å². The number of carbonyl (C=O) groups is 1. The molecule has 0 spiro atoms. The fraction of sp³-hybridized carbons (Fsp3) is 0.333. The van der Waals surface area contributed by atoms with Gasteiger partial charge in [0, 0.05) is 0 Å². The van der Waals surface area contributed by atoms with E-state index in [1.165, 1.54) is 20.3 Å². The number of nitrogens with zero attached hydrogens (tertiary/aromatic N) is 1. The maximum Gasteiger partial charge on any atom is 0.356 e. The summed E-state index contributed by atoms with van der Waals surface area (Å²) in [6.07, 6.45) is 0. The minimum atomic E-state index is -0.512. The lowest BCUT2D eigenvalue weighted by molar-refractivity contribution is 0.0594. The van der Waals surface area contributed by atoms with E-state index >= 15 is 0 Å². The van der Waals surface area contributed by atoms with E-state index in [1.54, 1.807) is 6.92 Å². The second-order valence-electron chi connectivity index (χ2n) is 2.71. The fourth-order valence-corrected chi connectivity index (χ4v) is 1.16. The van der Waals surface area contributed by atoms with Crippen molar-refractivity contribution in [3.63, 3.8) is 0 Å². The van der Waals surface area contributed by atoms with Crippen molar-refractivity contribution in [3.05, 3.63) is 17.5 Å². The van der Waals surface area contributed by atoms with E-state index in [2.05, 4.69) is 9.72 Å². The summed E-state index contributed by atoms with van der Waals surface area (Å²) in [7, 11) is 2.79. The first-order valence-electron chi connectivity index (χ1n) is 3.99. The highest BCUT2D eigenvalue weighted by atomic mass is 16.5. The lowest BCUT2D eigenvalue weighted by Gasteiger charge is -2.08. The van der Waals surface area contributed by atoms with Gasteiger partial charge in [-0.25, -0.2) is 9.78 Å². The van der Waals surface area contributed by atoms with E-state index in [9.17, 15) is 4.79 Å². The van der Waals surface area contributed by atoms with Crippen LogP contribution in [0.5, 0.6) is 5.75 Å². The Labute approximate surface area is 81.8 Å². The Bertz CT molecular complexity index is 340. The van der Waals surface area contributed by atoms with Gasteiger partial charge in [-0.15, -0.1) is 0 Å². The summed E-state index contributed by atoms with van der Waals surface area (Å²) in [6, 6.07) is 1.43. The summed E-state index contributed by atoms with van der Waals surface area (Å²) in [4.78, 5) is 15.1. The first-order valence-corrected chi connectivity index (χ1v) is 3.99. The SMILES string of the molecule is COC(=O)c1cc(N)c(OC)c(C)n1. The molecule has 2 N–H and O–H groups in total. The summed E-state index contributed by atoms with van der Waals surface area (Å²) < 4.78 is 9.53. The number of rotatable bonds is 2. The van der Waals surface area contributed by atoms with Crippen LogP contribution in [0, 0.1) is 6.92 Å². The fourth-order valence-electron chi connectivity index (χ4n) is 1.16. The van der Waals surface area contributed by atoms with Gasteiger partial charge in [-0.1, -0.05) is 0 Å². The molecule has 0 radical (unpaired) electrons. The van der Waals surface area contributed by atoms with Gasteiger partial charge >= 0.3 is 5.97 Å². The number of hydrogen-bond donors (Lipinski definition) is 1. The molecule has 0 aliphatic carbocycles. The Morgan fingerprint density at radius 3 is 2.57 bits per heavy atom. The van der Waals surface area contributed by atoms with Gasteiger partial charge in [0.2, 0.25) is 0 Å². The molecule has 76 valence electrons. The third-order valence-electron chi connectivity index (χ3n) is 1.77. The zero-order valence-corrected chi connectivity index (χ0v) is 8.33. The molecule has 0 aliphatic heterocycles. The van der Waals surface area contributed by atoms with Gasteiger partial charge in [0.25, 0.3) is 0 Å². The summed E-state index contributed by atoms with van der Waals surface area (Å²) >= 11 is 0. The lowest BCUT2D eigenvalue weighted by atomic mass is 10.2. The van der Waals surface area contributed by atoms with Gasteiger partial charge in [-0.3, -0.25) is 0 Å². The van der Waals surface area contributed by atoms with E-state index in [0.29, 0.717) is 17.1 Å². The van der Waals surface area contributed by atoms with Crippen molar-refractivity contribution in [1.29, 1.82) is 0 Å².